The summed E-state index contributed by atoms with van der Waals surface area (Å²) in [6.45, 7) is 6.32. The van der Waals surface area contributed by atoms with Gasteiger partial charge in [-0.3, -0.25) is 0 Å². The molecule has 1 aromatic rings. The summed E-state index contributed by atoms with van der Waals surface area (Å²) < 4.78 is 5.44. The van der Waals surface area contributed by atoms with E-state index in [4.69, 9.17) is 4.74 Å². The Balaban J connectivity index is 1.97. The first-order chi connectivity index (χ1) is 9.87. The van der Waals surface area contributed by atoms with Crippen LogP contribution in [-0.2, 0) is 4.74 Å². The molecule has 1 aliphatic rings. The smallest absolute Gasteiger partial charge is 0.410 e. The van der Waals surface area contributed by atoms with E-state index in [1.54, 1.807) is 4.90 Å². The van der Waals surface area contributed by atoms with Crippen molar-refractivity contribution >= 4 is 6.09 Å². The van der Waals surface area contributed by atoms with Gasteiger partial charge in [0, 0.05) is 12.6 Å². The third-order valence-electron chi connectivity index (χ3n) is 3.68. The minimum absolute atomic E-state index is 0.0510. The van der Waals surface area contributed by atoms with Crippen molar-refractivity contribution in [2.75, 3.05) is 6.54 Å². The van der Waals surface area contributed by atoms with Crippen LogP contribution in [0.3, 0.4) is 0 Å². The Morgan fingerprint density at radius 1 is 1.38 bits per heavy atom. The molecule has 0 bridgehead atoms. The minimum atomic E-state index is -0.542. The van der Waals surface area contributed by atoms with Crippen molar-refractivity contribution in [3.63, 3.8) is 0 Å². The van der Waals surface area contributed by atoms with Gasteiger partial charge in [-0.2, -0.15) is 0 Å². The number of carbonyl (C=O) groups is 1. The maximum atomic E-state index is 12.2. The molecule has 1 fully saturated rings. The predicted octanol–water partition coefficient (Wildman–Crippen LogP) is 3.51. The van der Waals surface area contributed by atoms with Crippen LogP contribution < -0.4 is 0 Å². The zero-order valence-electron chi connectivity index (χ0n) is 13.1. The Hall–Kier alpha value is -1.55. The van der Waals surface area contributed by atoms with Crippen LogP contribution in [0, 0.1) is 0 Å². The third-order valence-corrected chi connectivity index (χ3v) is 3.68. The maximum absolute atomic E-state index is 12.2. The summed E-state index contributed by atoms with van der Waals surface area (Å²) in [5, 5.41) is 10.3. The second-order valence-electron chi connectivity index (χ2n) is 6.63. The molecule has 1 aliphatic heterocycles. The number of benzene rings is 1. The van der Waals surface area contributed by atoms with Gasteiger partial charge in [0.25, 0.3) is 0 Å². The van der Waals surface area contributed by atoms with Gasteiger partial charge in [-0.05, 0) is 45.6 Å². The lowest BCUT2D eigenvalue weighted by Crippen LogP contribution is -2.40. The number of aliphatic hydroxyl groups excluding tert-OH is 1. The number of nitrogens with zero attached hydrogens (tertiary/aromatic N) is 1. The largest absolute Gasteiger partial charge is 0.444 e. The summed E-state index contributed by atoms with van der Waals surface area (Å²) in [4.78, 5) is 14.0. The monoisotopic (exact) mass is 291 g/mol. The highest BCUT2D eigenvalue weighted by molar-refractivity contribution is 5.68. The van der Waals surface area contributed by atoms with Gasteiger partial charge in [0.05, 0.1) is 6.10 Å². The molecule has 1 saturated heterocycles. The van der Waals surface area contributed by atoms with Gasteiger partial charge in [0.1, 0.15) is 5.60 Å². The molecule has 0 radical (unpaired) electrons. The Morgan fingerprint density at radius 3 is 2.67 bits per heavy atom. The van der Waals surface area contributed by atoms with Crippen molar-refractivity contribution in [1.29, 1.82) is 0 Å². The number of ether oxygens (including phenoxy) is 1. The number of carbonyl (C=O) groups excluding carboxylic acids is 1. The van der Waals surface area contributed by atoms with E-state index in [-0.39, 0.29) is 12.1 Å². The predicted molar refractivity (Wildman–Crippen MR) is 82.0 cm³/mol. The van der Waals surface area contributed by atoms with E-state index in [0.29, 0.717) is 13.0 Å². The van der Waals surface area contributed by atoms with E-state index < -0.39 is 11.7 Å². The number of aliphatic hydroxyl groups is 1. The summed E-state index contributed by atoms with van der Waals surface area (Å²) in [6.07, 6.45) is 1.63. The Bertz CT molecular complexity index is 467. The molecule has 4 heteroatoms. The van der Waals surface area contributed by atoms with Crippen LogP contribution in [0.1, 0.15) is 51.7 Å². The molecule has 2 rings (SSSR count). The van der Waals surface area contributed by atoms with Gasteiger partial charge >= 0.3 is 6.09 Å². The van der Waals surface area contributed by atoms with Crippen molar-refractivity contribution in [3.05, 3.63) is 35.9 Å². The van der Waals surface area contributed by atoms with Crippen molar-refractivity contribution < 1.29 is 14.6 Å². The Kier molecular flexibility index (Phi) is 4.88. The molecule has 1 heterocycles. The molecule has 0 unspecified atom stereocenters. The number of amides is 1. The van der Waals surface area contributed by atoms with Crippen molar-refractivity contribution in [3.8, 4) is 0 Å². The summed E-state index contributed by atoms with van der Waals surface area (Å²) in [6, 6.07) is 9.64. The van der Waals surface area contributed by atoms with E-state index in [0.717, 1.165) is 18.4 Å². The molecule has 0 aliphatic carbocycles. The molecule has 0 aromatic heterocycles. The second-order valence-corrected chi connectivity index (χ2v) is 6.63. The molecular weight excluding hydrogens is 266 g/mol. The van der Waals surface area contributed by atoms with Gasteiger partial charge in [0.2, 0.25) is 0 Å². The quantitative estimate of drug-likeness (QED) is 0.927. The second kappa shape index (κ2) is 6.48. The topological polar surface area (TPSA) is 49.8 Å². The molecule has 1 N–H and O–H groups in total. The van der Waals surface area contributed by atoms with E-state index >= 15 is 0 Å². The lowest BCUT2D eigenvalue weighted by molar-refractivity contribution is 0.0178. The fourth-order valence-electron chi connectivity index (χ4n) is 2.71. The summed E-state index contributed by atoms with van der Waals surface area (Å²) >= 11 is 0. The van der Waals surface area contributed by atoms with Gasteiger partial charge < -0.3 is 14.7 Å². The SMILES string of the molecule is CC(C)(C)OC(=O)N1CCC[C@H]1C[C@H](O)c1ccccc1. The van der Waals surface area contributed by atoms with Gasteiger partial charge in [0.15, 0.2) is 0 Å². The van der Waals surface area contributed by atoms with Crippen LogP contribution in [0.4, 0.5) is 4.79 Å². The first-order valence-electron chi connectivity index (χ1n) is 7.59. The highest BCUT2D eigenvalue weighted by atomic mass is 16.6. The van der Waals surface area contributed by atoms with E-state index in [9.17, 15) is 9.90 Å². The van der Waals surface area contributed by atoms with Crippen molar-refractivity contribution in [2.45, 2.75) is 57.8 Å². The summed E-state index contributed by atoms with van der Waals surface area (Å²) in [5.41, 5.74) is 0.413. The zero-order valence-corrected chi connectivity index (χ0v) is 13.1. The molecule has 116 valence electrons. The number of likely N-dealkylation sites (tertiary alicyclic amines) is 1. The molecule has 1 amide bonds. The lowest BCUT2D eigenvalue weighted by atomic mass is 10.0. The molecule has 4 nitrogen and oxygen atoms in total. The van der Waals surface area contributed by atoms with Crippen LogP contribution in [-0.4, -0.2) is 34.3 Å². The number of hydrogen-bond acceptors (Lipinski definition) is 3. The third kappa shape index (κ3) is 4.46. The van der Waals surface area contributed by atoms with Crippen LogP contribution in [0.25, 0.3) is 0 Å². The van der Waals surface area contributed by atoms with Crippen molar-refractivity contribution in [2.24, 2.45) is 0 Å². The zero-order chi connectivity index (χ0) is 15.5. The summed E-state index contributed by atoms with van der Waals surface area (Å²) in [5.74, 6) is 0. The lowest BCUT2D eigenvalue weighted by Gasteiger charge is -2.29. The molecule has 0 spiro atoms. The van der Waals surface area contributed by atoms with E-state index in [1.165, 1.54) is 0 Å². The molecular formula is C17H25NO3. The van der Waals surface area contributed by atoms with Crippen LogP contribution in [0.15, 0.2) is 30.3 Å². The highest BCUT2D eigenvalue weighted by Crippen LogP contribution is 2.28. The standard InChI is InChI=1S/C17H25NO3/c1-17(2,3)21-16(20)18-11-7-10-14(18)12-15(19)13-8-5-4-6-9-13/h4-6,8-9,14-15,19H,7,10-12H2,1-3H3/t14-,15-/m0/s1. The maximum Gasteiger partial charge on any atom is 0.410 e. The van der Waals surface area contributed by atoms with Gasteiger partial charge in [-0.15, -0.1) is 0 Å². The minimum Gasteiger partial charge on any atom is -0.444 e. The first-order valence-corrected chi connectivity index (χ1v) is 7.59. The average molecular weight is 291 g/mol. The van der Waals surface area contributed by atoms with Crippen LogP contribution in [0.5, 0.6) is 0 Å². The summed E-state index contributed by atoms with van der Waals surface area (Å²) in [7, 11) is 0. The Morgan fingerprint density at radius 2 is 2.05 bits per heavy atom. The average Bonchev–Trinajstić information content (AvgIpc) is 2.86. The van der Waals surface area contributed by atoms with Crippen LogP contribution >= 0.6 is 0 Å². The van der Waals surface area contributed by atoms with Gasteiger partial charge in [-0.25, -0.2) is 4.79 Å². The fourth-order valence-corrected chi connectivity index (χ4v) is 2.71. The molecule has 0 saturated carbocycles. The first kappa shape index (κ1) is 15.8. The van der Waals surface area contributed by atoms with Gasteiger partial charge in [-0.1, -0.05) is 30.3 Å². The Labute approximate surface area is 126 Å². The molecule has 2 atom stereocenters. The number of hydrogen-bond donors (Lipinski definition) is 1. The normalized spacial score (nSPS) is 20.4. The van der Waals surface area contributed by atoms with E-state index in [2.05, 4.69) is 0 Å². The van der Waals surface area contributed by atoms with E-state index in [1.807, 2.05) is 51.1 Å². The van der Waals surface area contributed by atoms with Crippen LogP contribution in [0.2, 0.25) is 0 Å². The fraction of sp³-hybridized carbons (Fsp3) is 0.588. The highest BCUT2D eigenvalue weighted by Gasteiger charge is 2.33. The molecule has 1 aromatic carbocycles. The van der Waals surface area contributed by atoms with Crippen molar-refractivity contribution in [1.82, 2.24) is 4.90 Å². The molecule has 21 heavy (non-hydrogen) atoms. The number of rotatable bonds is 3.